The van der Waals surface area contributed by atoms with Crippen molar-refractivity contribution < 1.29 is 9.53 Å². The number of benzene rings is 1. The third-order valence-electron chi connectivity index (χ3n) is 5.99. The van der Waals surface area contributed by atoms with E-state index in [1.54, 1.807) is 14.0 Å². The van der Waals surface area contributed by atoms with Gasteiger partial charge >= 0.3 is 0 Å². The molecular weight excluding hydrogens is 342 g/mol. The number of nitrogens with one attached hydrogen (secondary N) is 1. The topological polar surface area (TPSA) is 75.3 Å². The van der Waals surface area contributed by atoms with Gasteiger partial charge in [0.1, 0.15) is 11.6 Å². The van der Waals surface area contributed by atoms with Crippen molar-refractivity contribution in [3.63, 3.8) is 0 Å². The highest BCUT2D eigenvalue weighted by molar-refractivity contribution is 5.89. The van der Waals surface area contributed by atoms with E-state index in [0.29, 0.717) is 25.3 Å². The summed E-state index contributed by atoms with van der Waals surface area (Å²) in [6, 6.07) is 7.90. The van der Waals surface area contributed by atoms with Gasteiger partial charge in [0.2, 0.25) is 5.91 Å². The van der Waals surface area contributed by atoms with Crippen LogP contribution in [-0.4, -0.2) is 34.4 Å². The number of aromatic nitrogens is 2. The summed E-state index contributed by atoms with van der Waals surface area (Å²) in [6.45, 7) is 2.76. The minimum absolute atomic E-state index is 0.0738. The summed E-state index contributed by atoms with van der Waals surface area (Å²) in [6.07, 6.45) is 4.40. The van der Waals surface area contributed by atoms with Gasteiger partial charge in [-0.2, -0.15) is 0 Å². The Morgan fingerprint density at radius 3 is 2.59 bits per heavy atom. The molecule has 0 atom stereocenters. The van der Waals surface area contributed by atoms with Gasteiger partial charge in [0.05, 0.1) is 24.8 Å². The van der Waals surface area contributed by atoms with Crippen LogP contribution in [0.4, 0.5) is 0 Å². The van der Waals surface area contributed by atoms with E-state index in [1.807, 2.05) is 29.2 Å². The molecule has 0 bridgehead atoms. The molecule has 2 aromatic rings. The SMILES string of the molecule is COc1ccc(C2(C(=O)N3CCc4c(nc(C)[nH]c4=O)C3)CCCC2)cc1. The third-order valence-corrected chi connectivity index (χ3v) is 5.99. The number of carbonyl (C=O) groups excluding carboxylic acids is 1. The maximum Gasteiger partial charge on any atom is 0.254 e. The largest absolute Gasteiger partial charge is 0.497 e. The minimum atomic E-state index is -0.472. The monoisotopic (exact) mass is 367 g/mol. The Bertz CT molecular complexity index is 911. The molecule has 1 aromatic heterocycles. The molecular formula is C21H25N3O3. The summed E-state index contributed by atoms with van der Waals surface area (Å²) in [5, 5.41) is 0. The number of H-pyrrole nitrogens is 1. The van der Waals surface area contributed by atoms with Crippen molar-refractivity contribution in [3.8, 4) is 5.75 Å². The minimum Gasteiger partial charge on any atom is -0.497 e. The van der Waals surface area contributed by atoms with Gasteiger partial charge in [-0.25, -0.2) is 4.98 Å². The van der Waals surface area contributed by atoms with Crippen LogP contribution in [0.5, 0.6) is 5.75 Å². The smallest absolute Gasteiger partial charge is 0.254 e. The summed E-state index contributed by atoms with van der Waals surface area (Å²) in [7, 11) is 1.65. The van der Waals surface area contributed by atoms with E-state index in [1.165, 1.54) is 0 Å². The van der Waals surface area contributed by atoms with Crippen molar-refractivity contribution in [1.29, 1.82) is 0 Å². The van der Waals surface area contributed by atoms with Gasteiger partial charge in [-0.3, -0.25) is 9.59 Å². The fraction of sp³-hybridized carbons (Fsp3) is 0.476. The Labute approximate surface area is 158 Å². The van der Waals surface area contributed by atoms with E-state index >= 15 is 0 Å². The molecule has 6 nitrogen and oxygen atoms in total. The van der Waals surface area contributed by atoms with E-state index < -0.39 is 5.41 Å². The Balaban J connectivity index is 1.66. The number of fused-ring (bicyclic) bond motifs is 1. The molecule has 27 heavy (non-hydrogen) atoms. The molecule has 4 rings (SSSR count). The highest BCUT2D eigenvalue weighted by Gasteiger charge is 2.45. The van der Waals surface area contributed by atoms with Crippen molar-refractivity contribution in [2.24, 2.45) is 0 Å². The van der Waals surface area contributed by atoms with Crippen LogP contribution in [0.15, 0.2) is 29.1 Å². The molecule has 1 aliphatic heterocycles. The van der Waals surface area contributed by atoms with E-state index in [9.17, 15) is 9.59 Å². The second-order valence-corrected chi connectivity index (χ2v) is 7.57. The molecule has 0 unspecified atom stereocenters. The zero-order valence-electron chi connectivity index (χ0n) is 15.9. The summed E-state index contributed by atoms with van der Waals surface area (Å²) in [5.41, 5.74) is 1.97. The third kappa shape index (κ3) is 3.03. The lowest BCUT2D eigenvalue weighted by molar-refractivity contribution is -0.138. The number of methoxy groups -OCH3 is 1. The average molecular weight is 367 g/mol. The van der Waals surface area contributed by atoms with Gasteiger partial charge in [-0.15, -0.1) is 0 Å². The van der Waals surface area contributed by atoms with E-state index in [0.717, 1.165) is 48.3 Å². The zero-order valence-corrected chi connectivity index (χ0v) is 15.9. The van der Waals surface area contributed by atoms with E-state index in [-0.39, 0.29) is 11.5 Å². The van der Waals surface area contributed by atoms with Crippen molar-refractivity contribution >= 4 is 5.91 Å². The molecule has 0 radical (unpaired) electrons. The molecule has 1 aromatic carbocycles. The molecule has 142 valence electrons. The van der Waals surface area contributed by atoms with Gasteiger partial charge in [0.15, 0.2) is 0 Å². The molecule has 1 amide bonds. The Kier molecular flexibility index (Phi) is 4.50. The quantitative estimate of drug-likeness (QED) is 0.904. The number of hydrogen-bond acceptors (Lipinski definition) is 4. The van der Waals surface area contributed by atoms with Crippen LogP contribution in [0.25, 0.3) is 0 Å². The average Bonchev–Trinajstić information content (AvgIpc) is 3.18. The molecule has 6 heteroatoms. The number of aromatic amines is 1. The molecule has 1 N–H and O–H groups in total. The molecule has 1 aliphatic carbocycles. The zero-order chi connectivity index (χ0) is 19.0. The van der Waals surface area contributed by atoms with Gasteiger partial charge in [0, 0.05) is 12.1 Å². The van der Waals surface area contributed by atoms with Crippen LogP contribution in [0.1, 0.15) is 48.3 Å². The molecule has 1 fully saturated rings. The molecule has 1 saturated carbocycles. The van der Waals surface area contributed by atoms with Crippen LogP contribution >= 0.6 is 0 Å². The van der Waals surface area contributed by atoms with Crippen LogP contribution < -0.4 is 10.3 Å². The highest BCUT2D eigenvalue weighted by Crippen LogP contribution is 2.43. The van der Waals surface area contributed by atoms with Crippen LogP contribution in [0.3, 0.4) is 0 Å². The Morgan fingerprint density at radius 1 is 1.22 bits per heavy atom. The highest BCUT2D eigenvalue weighted by atomic mass is 16.5. The lowest BCUT2D eigenvalue weighted by atomic mass is 9.77. The summed E-state index contributed by atoms with van der Waals surface area (Å²) in [4.78, 5) is 34.9. The van der Waals surface area contributed by atoms with Crippen LogP contribution in [0.2, 0.25) is 0 Å². The van der Waals surface area contributed by atoms with Crippen molar-refractivity contribution in [2.45, 2.75) is 51.0 Å². The fourth-order valence-corrected chi connectivity index (χ4v) is 4.55. The Hall–Kier alpha value is -2.63. The molecule has 0 spiro atoms. The first-order valence-corrected chi connectivity index (χ1v) is 9.56. The van der Waals surface area contributed by atoms with Crippen LogP contribution in [0, 0.1) is 6.92 Å². The fourth-order valence-electron chi connectivity index (χ4n) is 4.55. The number of ether oxygens (including phenoxy) is 1. The predicted molar refractivity (Wildman–Crippen MR) is 102 cm³/mol. The number of rotatable bonds is 3. The standard InChI is InChI=1S/C21H25N3O3/c1-14-22-18-13-24(12-9-17(18)19(25)23-14)20(26)21(10-3-4-11-21)15-5-7-16(27-2)8-6-15/h5-8H,3-4,9-13H2,1-2H3,(H,22,23,25). The number of nitrogens with zero attached hydrogens (tertiary/aromatic N) is 2. The number of hydrogen-bond donors (Lipinski definition) is 1. The normalized spacial score (nSPS) is 18.2. The summed E-state index contributed by atoms with van der Waals surface area (Å²) in [5.74, 6) is 1.56. The van der Waals surface area contributed by atoms with Crippen molar-refractivity contribution in [3.05, 3.63) is 57.3 Å². The maximum absolute atomic E-state index is 13.6. The summed E-state index contributed by atoms with van der Waals surface area (Å²) < 4.78 is 5.27. The van der Waals surface area contributed by atoms with Gasteiger partial charge in [-0.1, -0.05) is 25.0 Å². The van der Waals surface area contributed by atoms with Crippen molar-refractivity contribution in [2.75, 3.05) is 13.7 Å². The van der Waals surface area contributed by atoms with Gasteiger partial charge in [-0.05, 0) is 43.9 Å². The van der Waals surface area contributed by atoms with E-state index in [2.05, 4.69) is 9.97 Å². The second-order valence-electron chi connectivity index (χ2n) is 7.57. The Morgan fingerprint density at radius 2 is 1.93 bits per heavy atom. The molecule has 2 heterocycles. The van der Waals surface area contributed by atoms with Crippen molar-refractivity contribution in [1.82, 2.24) is 14.9 Å². The van der Waals surface area contributed by atoms with Gasteiger partial charge < -0.3 is 14.6 Å². The first kappa shape index (κ1) is 17.8. The predicted octanol–water partition coefficient (Wildman–Crippen LogP) is 2.48. The maximum atomic E-state index is 13.6. The summed E-state index contributed by atoms with van der Waals surface area (Å²) >= 11 is 0. The molecule has 2 aliphatic rings. The first-order valence-electron chi connectivity index (χ1n) is 9.56. The lowest BCUT2D eigenvalue weighted by Gasteiger charge is -2.37. The van der Waals surface area contributed by atoms with Crippen LogP contribution in [-0.2, 0) is 23.2 Å². The number of aryl methyl sites for hydroxylation is 1. The van der Waals surface area contributed by atoms with E-state index in [4.69, 9.17) is 4.74 Å². The number of amides is 1. The second kappa shape index (κ2) is 6.83. The van der Waals surface area contributed by atoms with Gasteiger partial charge in [0.25, 0.3) is 5.56 Å². The first-order chi connectivity index (χ1) is 13.0. The molecule has 0 saturated heterocycles. The lowest BCUT2D eigenvalue weighted by Crippen LogP contribution is -2.48. The number of carbonyl (C=O) groups is 1.